The van der Waals surface area contributed by atoms with Gasteiger partial charge in [-0.15, -0.1) is 0 Å². The van der Waals surface area contributed by atoms with E-state index in [1.807, 2.05) is 26.0 Å². The summed E-state index contributed by atoms with van der Waals surface area (Å²) in [5, 5.41) is 1.03. The molecule has 4 heteroatoms. The van der Waals surface area contributed by atoms with Gasteiger partial charge in [-0.05, 0) is 25.5 Å². The topological polar surface area (TPSA) is 26.3 Å². The third kappa shape index (κ3) is 3.40. The molecule has 1 aromatic carbocycles. The van der Waals surface area contributed by atoms with E-state index in [2.05, 4.69) is 0 Å². The normalized spacial score (nSPS) is 11.2. The lowest BCUT2D eigenvalue weighted by Gasteiger charge is -2.23. The summed E-state index contributed by atoms with van der Waals surface area (Å²) in [4.78, 5) is 10.3. The van der Waals surface area contributed by atoms with Gasteiger partial charge in [-0.3, -0.25) is 4.79 Å². The molecule has 0 N–H and O–H groups in total. The SMILES string of the molecule is CC(C)(Cc1cccc(Cl)c1Cl)OC=O. The maximum atomic E-state index is 10.3. The van der Waals surface area contributed by atoms with E-state index in [0.29, 0.717) is 22.9 Å². The second kappa shape index (κ2) is 4.86. The molecule has 0 saturated heterocycles. The first kappa shape index (κ1) is 12.3. The van der Waals surface area contributed by atoms with Crippen LogP contribution in [0.5, 0.6) is 0 Å². The number of halogens is 2. The van der Waals surface area contributed by atoms with Crippen molar-refractivity contribution in [1.29, 1.82) is 0 Å². The first-order valence-electron chi connectivity index (χ1n) is 4.50. The van der Waals surface area contributed by atoms with Gasteiger partial charge >= 0.3 is 0 Å². The summed E-state index contributed by atoms with van der Waals surface area (Å²) in [6.07, 6.45) is 0.533. The van der Waals surface area contributed by atoms with Gasteiger partial charge in [0, 0.05) is 6.42 Å². The minimum Gasteiger partial charge on any atom is -0.462 e. The van der Waals surface area contributed by atoms with Crippen molar-refractivity contribution >= 4 is 29.7 Å². The van der Waals surface area contributed by atoms with Gasteiger partial charge < -0.3 is 4.74 Å². The van der Waals surface area contributed by atoms with E-state index in [0.717, 1.165) is 5.56 Å². The highest BCUT2D eigenvalue weighted by Gasteiger charge is 2.21. The molecule has 0 unspecified atom stereocenters. The van der Waals surface area contributed by atoms with Gasteiger partial charge in [0.25, 0.3) is 6.47 Å². The molecule has 2 nitrogen and oxygen atoms in total. The molecule has 0 radical (unpaired) electrons. The molecule has 0 aliphatic rings. The number of hydrogen-bond acceptors (Lipinski definition) is 2. The zero-order valence-electron chi connectivity index (χ0n) is 8.59. The molecule has 0 saturated carbocycles. The molecule has 0 atom stereocenters. The molecule has 0 aromatic heterocycles. The Hall–Kier alpha value is -0.730. The number of rotatable bonds is 4. The minimum absolute atomic E-state index is 0.443. The third-order valence-corrected chi connectivity index (χ3v) is 2.87. The lowest BCUT2D eigenvalue weighted by atomic mass is 9.98. The Morgan fingerprint density at radius 3 is 2.67 bits per heavy atom. The fourth-order valence-corrected chi connectivity index (χ4v) is 1.70. The smallest absolute Gasteiger partial charge is 0.293 e. The Bertz CT molecular complexity index is 362. The summed E-state index contributed by atoms with van der Waals surface area (Å²) in [6.45, 7) is 4.08. The molecule has 1 rings (SSSR count). The highest BCUT2D eigenvalue weighted by Crippen LogP contribution is 2.28. The van der Waals surface area contributed by atoms with Crippen LogP contribution in [0, 0.1) is 0 Å². The van der Waals surface area contributed by atoms with Crippen LogP contribution in [0.25, 0.3) is 0 Å². The second-order valence-corrected chi connectivity index (χ2v) is 4.65. The van der Waals surface area contributed by atoms with Crippen molar-refractivity contribution in [1.82, 2.24) is 0 Å². The highest BCUT2D eigenvalue weighted by molar-refractivity contribution is 6.42. The van der Waals surface area contributed by atoms with E-state index in [1.54, 1.807) is 6.07 Å². The summed E-state index contributed by atoms with van der Waals surface area (Å²) >= 11 is 11.9. The van der Waals surface area contributed by atoms with Crippen molar-refractivity contribution in [2.45, 2.75) is 25.9 Å². The van der Waals surface area contributed by atoms with Gasteiger partial charge in [-0.25, -0.2) is 0 Å². The fraction of sp³-hybridized carbons (Fsp3) is 0.364. The van der Waals surface area contributed by atoms with Gasteiger partial charge in [0.2, 0.25) is 0 Å². The highest BCUT2D eigenvalue weighted by atomic mass is 35.5. The Kier molecular flexibility index (Phi) is 4.00. The predicted octanol–water partition coefficient (Wildman–Crippen LogP) is 3.49. The molecule has 0 fully saturated rings. The van der Waals surface area contributed by atoms with Gasteiger partial charge in [-0.2, -0.15) is 0 Å². The fourth-order valence-electron chi connectivity index (χ4n) is 1.32. The number of benzene rings is 1. The number of hydrogen-bond donors (Lipinski definition) is 0. The van der Waals surface area contributed by atoms with Crippen LogP contribution < -0.4 is 0 Å². The van der Waals surface area contributed by atoms with E-state index >= 15 is 0 Å². The van der Waals surface area contributed by atoms with Gasteiger partial charge in [0.1, 0.15) is 5.60 Å². The van der Waals surface area contributed by atoms with E-state index in [4.69, 9.17) is 27.9 Å². The van der Waals surface area contributed by atoms with Crippen molar-refractivity contribution in [3.8, 4) is 0 Å². The van der Waals surface area contributed by atoms with Crippen LogP contribution in [0.3, 0.4) is 0 Å². The average molecular weight is 247 g/mol. The average Bonchev–Trinajstić information content (AvgIpc) is 2.12. The van der Waals surface area contributed by atoms with Crippen LogP contribution >= 0.6 is 23.2 Å². The predicted molar refractivity (Wildman–Crippen MR) is 61.4 cm³/mol. The quantitative estimate of drug-likeness (QED) is 0.761. The zero-order valence-corrected chi connectivity index (χ0v) is 10.1. The Morgan fingerprint density at radius 2 is 2.07 bits per heavy atom. The Morgan fingerprint density at radius 1 is 1.40 bits per heavy atom. The van der Waals surface area contributed by atoms with Crippen LogP contribution in [0.2, 0.25) is 10.0 Å². The summed E-state index contributed by atoms with van der Waals surface area (Å²) in [7, 11) is 0. The van der Waals surface area contributed by atoms with E-state index in [-0.39, 0.29) is 0 Å². The van der Waals surface area contributed by atoms with Gasteiger partial charge in [0.05, 0.1) is 10.0 Å². The van der Waals surface area contributed by atoms with E-state index in [9.17, 15) is 4.79 Å². The summed E-state index contributed by atoms with van der Waals surface area (Å²) in [5.74, 6) is 0. The van der Waals surface area contributed by atoms with Crippen LogP contribution in [0.15, 0.2) is 18.2 Å². The number of carbonyl (C=O) groups is 1. The van der Waals surface area contributed by atoms with Crippen LogP contribution in [0.1, 0.15) is 19.4 Å². The standard InChI is InChI=1S/C11H12Cl2O2/c1-11(2,15-7-14)6-8-4-3-5-9(12)10(8)13/h3-5,7H,6H2,1-2H3. The van der Waals surface area contributed by atoms with E-state index in [1.165, 1.54) is 0 Å². The molecule has 0 amide bonds. The summed E-state index contributed by atoms with van der Waals surface area (Å²) in [5.41, 5.74) is 0.298. The third-order valence-electron chi connectivity index (χ3n) is 2.01. The Balaban J connectivity index is 2.89. The van der Waals surface area contributed by atoms with Crippen molar-refractivity contribution in [3.63, 3.8) is 0 Å². The molecule has 15 heavy (non-hydrogen) atoms. The monoisotopic (exact) mass is 246 g/mol. The molecule has 0 aliphatic carbocycles. The van der Waals surface area contributed by atoms with Gasteiger partial charge in [0.15, 0.2) is 0 Å². The largest absolute Gasteiger partial charge is 0.462 e. The van der Waals surface area contributed by atoms with Crippen LogP contribution in [0.4, 0.5) is 0 Å². The lowest BCUT2D eigenvalue weighted by molar-refractivity contribution is -0.140. The molecule has 0 bridgehead atoms. The first-order chi connectivity index (χ1) is 6.96. The molecule has 0 heterocycles. The Labute approximate surface area is 99.1 Å². The molecule has 0 spiro atoms. The van der Waals surface area contributed by atoms with Crippen molar-refractivity contribution in [2.24, 2.45) is 0 Å². The van der Waals surface area contributed by atoms with Crippen molar-refractivity contribution in [2.75, 3.05) is 0 Å². The molecule has 1 aromatic rings. The minimum atomic E-state index is -0.573. The van der Waals surface area contributed by atoms with Crippen LogP contribution in [-0.2, 0) is 16.0 Å². The second-order valence-electron chi connectivity index (χ2n) is 3.86. The van der Waals surface area contributed by atoms with Crippen LogP contribution in [-0.4, -0.2) is 12.1 Å². The van der Waals surface area contributed by atoms with Gasteiger partial charge in [-0.1, -0.05) is 35.3 Å². The lowest BCUT2D eigenvalue weighted by Crippen LogP contribution is -2.26. The number of ether oxygens (including phenoxy) is 1. The molecular weight excluding hydrogens is 235 g/mol. The molecule has 0 aliphatic heterocycles. The maximum Gasteiger partial charge on any atom is 0.293 e. The van der Waals surface area contributed by atoms with Crippen molar-refractivity contribution < 1.29 is 9.53 Å². The summed E-state index contributed by atoms with van der Waals surface area (Å²) in [6, 6.07) is 5.41. The zero-order chi connectivity index (χ0) is 11.5. The molecule has 82 valence electrons. The van der Waals surface area contributed by atoms with Crippen molar-refractivity contribution in [3.05, 3.63) is 33.8 Å². The van der Waals surface area contributed by atoms with E-state index < -0.39 is 5.60 Å². The molecular formula is C11H12Cl2O2. The summed E-state index contributed by atoms with van der Waals surface area (Å²) < 4.78 is 4.95. The maximum absolute atomic E-state index is 10.3. The first-order valence-corrected chi connectivity index (χ1v) is 5.26. The number of carbonyl (C=O) groups excluding carboxylic acids is 1.